The Labute approximate surface area is 112 Å². The van der Waals surface area contributed by atoms with Crippen molar-refractivity contribution < 1.29 is 9.90 Å². The number of hydrogen-bond acceptors (Lipinski definition) is 2. The van der Waals surface area contributed by atoms with Crippen molar-refractivity contribution in [2.75, 3.05) is 5.32 Å². The van der Waals surface area contributed by atoms with Crippen molar-refractivity contribution in [2.24, 2.45) is 0 Å². The fourth-order valence-corrected chi connectivity index (χ4v) is 1.98. The van der Waals surface area contributed by atoms with Gasteiger partial charge >= 0.3 is 0 Å². The summed E-state index contributed by atoms with van der Waals surface area (Å²) in [6.45, 7) is 5.79. The van der Waals surface area contributed by atoms with Crippen LogP contribution in [0.25, 0.3) is 0 Å². The first-order chi connectivity index (χ1) is 8.99. The molecule has 0 aromatic heterocycles. The van der Waals surface area contributed by atoms with Crippen molar-refractivity contribution >= 4 is 11.6 Å². The van der Waals surface area contributed by atoms with Gasteiger partial charge in [-0.05, 0) is 61.7 Å². The summed E-state index contributed by atoms with van der Waals surface area (Å²) in [6, 6.07) is 10.5. The molecule has 0 saturated heterocycles. The van der Waals surface area contributed by atoms with Gasteiger partial charge in [0.2, 0.25) is 0 Å². The number of phenolic OH excluding ortho intramolecular Hbond substituents is 1. The highest BCUT2D eigenvalue weighted by atomic mass is 16.3. The van der Waals surface area contributed by atoms with Crippen LogP contribution in [0.4, 0.5) is 5.69 Å². The molecule has 0 unspecified atom stereocenters. The average molecular weight is 255 g/mol. The first-order valence-corrected chi connectivity index (χ1v) is 6.16. The second kappa shape index (κ2) is 5.14. The topological polar surface area (TPSA) is 49.3 Å². The summed E-state index contributed by atoms with van der Waals surface area (Å²) >= 11 is 0. The summed E-state index contributed by atoms with van der Waals surface area (Å²) in [5, 5.41) is 12.3. The van der Waals surface area contributed by atoms with Gasteiger partial charge in [0.25, 0.3) is 5.91 Å². The second-order valence-corrected chi connectivity index (χ2v) is 4.70. The summed E-state index contributed by atoms with van der Waals surface area (Å²) in [5.74, 6) is 0.00647. The Morgan fingerprint density at radius 1 is 1.05 bits per heavy atom. The number of benzene rings is 2. The van der Waals surface area contributed by atoms with Crippen LogP contribution in [-0.2, 0) is 0 Å². The third kappa shape index (κ3) is 2.76. The van der Waals surface area contributed by atoms with Crippen molar-refractivity contribution in [3.8, 4) is 5.75 Å². The summed E-state index contributed by atoms with van der Waals surface area (Å²) in [6.07, 6.45) is 0. The highest BCUT2D eigenvalue weighted by Crippen LogP contribution is 2.21. The van der Waals surface area contributed by atoms with Gasteiger partial charge in [-0.25, -0.2) is 0 Å². The van der Waals surface area contributed by atoms with Crippen molar-refractivity contribution in [1.29, 1.82) is 0 Å². The number of nitrogens with one attached hydrogen (secondary N) is 1. The maximum atomic E-state index is 12.2. The van der Waals surface area contributed by atoms with Gasteiger partial charge in [0.05, 0.1) is 0 Å². The van der Waals surface area contributed by atoms with Crippen molar-refractivity contribution in [3.05, 3.63) is 58.7 Å². The highest BCUT2D eigenvalue weighted by molar-refractivity contribution is 6.05. The molecule has 0 spiro atoms. The largest absolute Gasteiger partial charge is 0.508 e. The lowest BCUT2D eigenvalue weighted by Gasteiger charge is -2.11. The minimum atomic E-state index is -0.161. The molecule has 19 heavy (non-hydrogen) atoms. The van der Waals surface area contributed by atoms with E-state index in [4.69, 9.17) is 0 Å². The van der Waals surface area contributed by atoms with Crippen LogP contribution in [0.1, 0.15) is 27.0 Å². The molecule has 0 aliphatic carbocycles. The molecule has 2 rings (SSSR count). The molecule has 2 aromatic rings. The molecule has 0 aliphatic rings. The molecule has 0 heterocycles. The zero-order valence-corrected chi connectivity index (χ0v) is 11.3. The van der Waals surface area contributed by atoms with Gasteiger partial charge in [0.15, 0.2) is 0 Å². The fraction of sp³-hybridized carbons (Fsp3) is 0.188. The Morgan fingerprint density at radius 2 is 1.79 bits per heavy atom. The SMILES string of the molecule is Cc1cc(O)ccc1C(=O)Nc1cccc(C)c1C. The smallest absolute Gasteiger partial charge is 0.255 e. The minimum absolute atomic E-state index is 0.161. The monoisotopic (exact) mass is 255 g/mol. The number of hydrogen-bond donors (Lipinski definition) is 2. The van der Waals surface area contributed by atoms with Crippen LogP contribution >= 0.6 is 0 Å². The van der Waals surface area contributed by atoms with Crippen LogP contribution in [0.2, 0.25) is 0 Å². The Kier molecular flexibility index (Phi) is 3.56. The number of aryl methyl sites for hydroxylation is 2. The van der Waals surface area contributed by atoms with Crippen molar-refractivity contribution in [2.45, 2.75) is 20.8 Å². The van der Waals surface area contributed by atoms with Gasteiger partial charge < -0.3 is 10.4 Å². The molecule has 0 fully saturated rings. The lowest BCUT2D eigenvalue weighted by atomic mass is 10.1. The number of rotatable bonds is 2. The Balaban J connectivity index is 2.28. The van der Waals surface area contributed by atoms with E-state index in [1.165, 1.54) is 6.07 Å². The van der Waals surface area contributed by atoms with Gasteiger partial charge in [-0.3, -0.25) is 4.79 Å². The second-order valence-electron chi connectivity index (χ2n) is 4.70. The van der Waals surface area contributed by atoms with E-state index in [0.29, 0.717) is 5.56 Å². The highest BCUT2D eigenvalue weighted by Gasteiger charge is 2.11. The van der Waals surface area contributed by atoms with Gasteiger partial charge in [-0.2, -0.15) is 0 Å². The third-order valence-electron chi connectivity index (χ3n) is 3.31. The summed E-state index contributed by atoms with van der Waals surface area (Å²) in [4.78, 5) is 12.2. The summed E-state index contributed by atoms with van der Waals surface area (Å²) in [7, 11) is 0. The number of anilines is 1. The molecule has 0 radical (unpaired) electrons. The number of amides is 1. The van der Waals surface area contributed by atoms with Gasteiger partial charge in [0, 0.05) is 11.3 Å². The van der Waals surface area contributed by atoms with Crippen LogP contribution in [0.5, 0.6) is 5.75 Å². The molecule has 3 nitrogen and oxygen atoms in total. The van der Waals surface area contributed by atoms with Crippen LogP contribution in [-0.4, -0.2) is 11.0 Å². The van der Waals surface area contributed by atoms with E-state index < -0.39 is 0 Å². The average Bonchev–Trinajstić information content (AvgIpc) is 2.34. The number of carbonyl (C=O) groups excluding carboxylic acids is 1. The van der Waals surface area contributed by atoms with Crippen LogP contribution < -0.4 is 5.32 Å². The molecule has 1 amide bonds. The molecule has 0 atom stereocenters. The van der Waals surface area contributed by atoms with E-state index >= 15 is 0 Å². The lowest BCUT2D eigenvalue weighted by Crippen LogP contribution is -2.14. The minimum Gasteiger partial charge on any atom is -0.508 e. The standard InChI is InChI=1S/C16H17NO2/c1-10-5-4-6-15(12(10)3)17-16(19)14-8-7-13(18)9-11(14)2/h4-9,18H,1-3H3,(H,17,19). The quantitative estimate of drug-likeness (QED) is 0.861. The first kappa shape index (κ1) is 13.1. The maximum Gasteiger partial charge on any atom is 0.255 e. The molecule has 3 heteroatoms. The molecule has 0 bridgehead atoms. The van der Waals surface area contributed by atoms with E-state index in [1.54, 1.807) is 19.1 Å². The molecule has 2 aromatic carbocycles. The fourth-order valence-electron chi connectivity index (χ4n) is 1.98. The molecule has 0 saturated carbocycles. The molecular weight excluding hydrogens is 238 g/mol. The van der Waals surface area contributed by atoms with Crippen LogP contribution in [0, 0.1) is 20.8 Å². The van der Waals surface area contributed by atoms with Gasteiger partial charge in [-0.1, -0.05) is 12.1 Å². The maximum absolute atomic E-state index is 12.2. The van der Waals surface area contributed by atoms with Crippen molar-refractivity contribution in [3.63, 3.8) is 0 Å². The number of carbonyl (C=O) groups is 1. The van der Waals surface area contributed by atoms with E-state index in [2.05, 4.69) is 5.32 Å². The summed E-state index contributed by atoms with van der Waals surface area (Å²) in [5.41, 5.74) is 4.34. The lowest BCUT2D eigenvalue weighted by molar-refractivity contribution is 0.102. The molecular formula is C16H17NO2. The molecule has 0 aliphatic heterocycles. The first-order valence-electron chi connectivity index (χ1n) is 6.16. The number of phenols is 1. The zero-order valence-electron chi connectivity index (χ0n) is 11.3. The predicted molar refractivity (Wildman–Crippen MR) is 76.7 cm³/mol. The Bertz CT molecular complexity index is 633. The Morgan fingerprint density at radius 3 is 2.47 bits per heavy atom. The van der Waals surface area contributed by atoms with Crippen LogP contribution in [0.3, 0.4) is 0 Å². The van der Waals surface area contributed by atoms with E-state index in [1.807, 2.05) is 32.0 Å². The van der Waals surface area contributed by atoms with E-state index in [0.717, 1.165) is 22.4 Å². The Hall–Kier alpha value is -2.29. The normalized spacial score (nSPS) is 10.3. The molecule has 2 N–H and O–H groups in total. The number of aromatic hydroxyl groups is 1. The van der Waals surface area contributed by atoms with Crippen molar-refractivity contribution in [1.82, 2.24) is 0 Å². The van der Waals surface area contributed by atoms with Gasteiger partial charge in [0.1, 0.15) is 5.75 Å². The van der Waals surface area contributed by atoms with E-state index in [9.17, 15) is 9.90 Å². The van der Waals surface area contributed by atoms with Gasteiger partial charge in [-0.15, -0.1) is 0 Å². The predicted octanol–water partition coefficient (Wildman–Crippen LogP) is 3.57. The zero-order chi connectivity index (χ0) is 14.0. The van der Waals surface area contributed by atoms with Crippen LogP contribution in [0.15, 0.2) is 36.4 Å². The third-order valence-corrected chi connectivity index (χ3v) is 3.31. The molecule has 98 valence electrons. The summed E-state index contributed by atoms with van der Waals surface area (Å²) < 4.78 is 0. The van der Waals surface area contributed by atoms with E-state index in [-0.39, 0.29) is 11.7 Å².